The van der Waals surface area contributed by atoms with Crippen LogP contribution in [0.25, 0.3) is 0 Å². The van der Waals surface area contributed by atoms with Crippen molar-refractivity contribution in [2.24, 2.45) is 34.5 Å². The molecule has 0 heterocycles. The summed E-state index contributed by atoms with van der Waals surface area (Å²) in [5.74, 6) is -0.256. The highest BCUT2D eigenvalue weighted by molar-refractivity contribution is 5.93. The largest absolute Gasteiger partial charge is 0.458 e. The number of hydrogen-bond acceptors (Lipinski definition) is 6. The van der Waals surface area contributed by atoms with Crippen molar-refractivity contribution >= 4 is 17.5 Å². The van der Waals surface area contributed by atoms with Crippen molar-refractivity contribution in [2.75, 3.05) is 6.61 Å². The number of Topliss-reactive ketones (excluding diaryl/α,β-unsaturated/α-hetero) is 2. The molecule has 0 aromatic heterocycles. The monoisotopic (exact) mass is 406 g/mol. The molecule has 4 aliphatic rings. The second-order valence-corrected chi connectivity index (χ2v) is 10.6. The SMILES string of the molecule is CC(=O)OCC(=O)[C@@]1(O)CC[C@@H]2[C@@H]3CC[C@H]4C[C@H](O)CC[C@]4(C)[C@@H]3C(=O)C[C@@]21C. The molecule has 0 aliphatic heterocycles. The van der Waals surface area contributed by atoms with Crippen molar-refractivity contribution in [1.82, 2.24) is 0 Å². The molecule has 0 radical (unpaired) electrons. The van der Waals surface area contributed by atoms with Gasteiger partial charge in [-0.3, -0.25) is 14.4 Å². The Bertz CT molecular complexity index is 733. The maximum absolute atomic E-state index is 13.5. The lowest BCUT2D eigenvalue weighted by atomic mass is 9.44. The minimum Gasteiger partial charge on any atom is -0.458 e. The van der Waals surface area contributed by atoms with Crippen molar-refractivity contribution in [3.63, 3.8) is 0 Å². The molecule has 4 aliphatic carbocycles. The van der Waals surface area contributed by atoms with Gasteiger partial charge in [0.1, 0.15) is 11.4 Å². The Morgan fingerprint density at radius 1 is 1.14 bits per heavy atom. The summed E-state index contributed by atoms with van der Waals surface area (Å²) < 4.78 is 4.88. The van der Waals surface area contributed by atoms with Gasteiger partial charge in [0.05, 0.1) is 6.10 Å². The van der Waals surface area contributed by atoms with Crippen LogP contribution >= 0.6 is 0 Å². The first kappa shape index (κ1) is 21.0. The minimum atomic E-state index is -1.62. The van der Waals surface area contributed by atoms with Crippen LogP contribution in [0.15, 0.2) is 0 Å². The standard InChI is InChI=1S/C23H34O6/c1-13(24)29-12-19(27)23(28)9-7-17-16-5-4-14-10-15(25)6-8-21(14,2)20(16)18(26)11-22(17,23)3/h14-17,20,25,28H,4-12H2,1-3H3/t14-,15+,16-,17+,20-,21-,22-,23-/m0/s1. The summed E-state index contributed by atoms with van der Waals surface area (Å²) >= 11 is 0. The Hall–Kier alpha value is -1.27. The van der Waals surface area contributed by atoms with Crippen LogP contribution in [0.5, 0.6) is 0 Å². The van der Waals surface area contributed by atoms with Gasteiger partial charge in [-0.1, -0.05) is 13.8 Å². The minimum absolute atomic E-state index is 0.0438. The van der Waals surface area contributed by atoms with E-state index in [0.29, 0.717) is 12.3 Å². The summed E-state index contributed by atoms with van der Waals surface area (Å²) in [7, 11) is 0. The van der Waals surface area contributed by atoms with Crippen LogP contribution in [-0.2, 0) is 19.1 Å². The molecule has 4 saturated carbocycles. The van der Waals surface area contributed by atoms with E-state index in [1.165, 1.54) is 6.92 Å². The third-order valence-electron chi connectivity index (χ3n) is 9.35. The first-order valence-electron chi connectivity index (χ1n) is 11.1. The second kappa shape index (κ2) is 6.88. The fraction of sp³-hybridized carbons (Fsp3) is 0.870. The topological polar surface area (TPSA) is 101 Å². The van der Waals surface area contributed by atoms with Crippen LogP contribution in [0.3, 0.4) is 0 Å². The van der Waals surface area contributed by atoms with Gasteiger partial charge in [-0.2, -0.15) is 0 Å². The fourth-order valence-corrected chi connectivity index (χ4v) is 7.80. The van der Waals surface area contributed by atoms with E-state index in [2.05, 4.69) is 6.92 Å². The highest BCUT2D eigenvalue weighted by atomic mass is 16.5. The van der Waals surface area contributed by atoms with Crippen molar-refractivity contribution in [3.05, 3.63) is 0 Å². The second-order valence-electron chi connectivity index (χ2n) is 10.6. The van der Waals surface area contributed by atoms with Crippen LogP contribution in [0.4, 0.5) is 0 Å². The molecule has 0 bridgehead atoms. The van der Waals surface area contributed by atoms with Gasteiger partial charge in [0, 0.05) is 24.7 Å². The van der Waals surface area contributed by atoms with E-state index in [9.17, 15) is 24.6 Å². The van der Waals surface area contributed by atoms with E-state index in [1.807, 2.05) is 6.92 Å². The zero-order chi connectivity index (χ0) is 21.2. The van der Waals surface area contributed by atoms with Gasteiger partial charge in [0.15, 0.2) is 6.61 Å². The van der Waals surface area contributed by atoms with Crippen LogP contribution in [0.2, 0.25) is 0 Å². The highest BCUT2D eigenvalue weighted by Crippen LogP contribution is 2.67. The van der Waals surface area contributed by atoms with Gasteiger partial charge in [0.25, 0.3) is 0 Å². The lowest BCUT2D eigenvalue weighted by Crippen LogP contribution is -2.62. The number of ketones is 2. The molecule has 0 amide bonds. The number of carbonyl (C=O) groups is 3. The lowest BCUT2D eigenvalue weighted by Gasteiger charge is -2.60. The van der Waals surface area contributed by atoms with E-state index in [-0.39, 0.29) is 41.5 Å². The number of fused-ring (bicyclic) bond motifs is 5. The molecule has 4 rings (SSSR count). The number of hydrogen-bond donors (Lipinski definition) is 2. The first-order valence-corrected chi connectivity index (χ1v) is 11.1. The van der Waals surface area contributed by atoms with Crippen molar-refractivity contribution in [3.8, 4) is 0 Å². The lowest BCUT2D eigenvalue weighted by molar-refractivity contribution is -0.181. The molecule has 162 valence electrons. The number of rotatable bonds is 3. The van der Waals surface area contributed by atoms with E-state index < -0.39 is 29.4 Å². The van der Waals surface area contributed by atoms with Crippen LogP contribution < -0.4 is 0 Å². The van der Waals surface area contributed by atoms with E-state index in [0.717, 1.165) is 38.5 Å². The third kappa shape index (κ3) is 2.93. The Morgan fingerprint density at radius 3 is 2.55 bits per heavy atom. The summed E-state index contributed by atoms with van der Waals surface area (Å²) in [6.07, 6.45) is 5.28. The Kier molecular flexibility index (Phi) is 4.97. The number of esters is 1. The average molecular weight is 407 g/mol. The summed E-state index contributed by atoms with van der Waals surface area (Å²) in [5, 5.41) is 21.6. The number of aliphatic hydroxyl groups excluding tert-OH is 1. The van der Waals surface area contributed by atoms with Gasteiger partial charge in [0.2, 0.25) is 5.78 Å². The maximum Gasteiger partial charge on any atom is 0.303 e. The van der Waals surface area contributed by atoms with E-state index >= 15 is 0 Å². The molecule has 2 N–H and O–H groups in total. The summed E-state index contributed by atoms with van der Waals surface area (Å²) in [6.45, 7) is 4.93. The molecule has 0 unspecified atom stereocenters. The molecule has 0 aromatic carbocycles. The van der Waals surface area contributed by atoms with Gasteiger partial charge >= 0.3 is 5.97 Å². The molecule has 0 saturated heterocycles. The molecule has 0 aromatic rings. The van der Waals surface area contributed by atoms with Crippen LogP contribution in [0, 0.1) is 34.5 Å². The normalized spacial score (nSPS) is 49.0. The van der Waals surface area contributed by atoms with Crippen molar-refractivity contribution in [1.29, 1.82) is 0 Å². The molecule has 8 atom stereocenters. The fourth-order valence-electron chi connectivity index (χ4n) is 7.80. The van der Waals surface area contributed by atoms with Gasteiger partial charge in [-0.15, -0.1) is 0 Å². The molecular formula is C23H34O6. The Balaban J connectivity index is 1.63. The van der Waals surface area contributed by atoms with Gasteiger partial charge in [-0.25, -0.2) is 0 Å². The maximum atomic E-state index is 13.5. The Morgan fingerprint density at radius 2 is 1.86 bits per heavy atom. The van der Waals surface area contributed by atoms with Crippen LogP contribution in [0.1, 0.15) is 72.1 Å². The van der Waals surface area contributed by atoms with Crippen molar-refractivity contribution in [2.45, 2.75) is 83.8 Å². The summed E-state index contributed by atoms with van der Waals surface area (Å²) in [4.78, 5) is 37.5. The number of carbonyl (C=O) groups excluding carboxylic acids is 3. The first-order chi connectivity index (χ1) is 13.5. The van der Waals surface area contributed by atoms with E-state index in [4.69, 9.17) is 4.74 Å². The zero-order valence-corrected chi connectivity index (χ0v) is 17.8. The van der Waals surface area contributed by atoms with Gasteiger partial charge < -0.3 is 14.9 Å². The highest BCUT2D eigenvalue weighted by Gasteiger charge is 2.69. The molecule has 6 heteroatoms. The zero-order valence-electron chi connectivity index (χ0n) is 17.8. The van der Waals surface area contributed by atoms with E-state index in [1.54, 1.807) is 0 Å². The summed E-state index contributed by atoms with van der Waals surface area (Å²) in [5.41, 5.74) is -2.52. The predicted octanol–water partition coefficient (Wildman–Crippen LogP) is 2.43. The number of ether oxygens (including phenoxy) is 1. The summed E-state index contributed by atoms with van der Waals surface area (Å²) in [6, 6.07) is 0. The molecular weight excluding hydrogens is 372 g/mol. The Labute approximate surface area is 172 Å². The molecule has 4 fully saturated rings. The molecule has 0 spiro atoms. The molecule has 29 heavy (non-hydrogen) atoms. The van der Waals surface area contributed by atoms with Gasteiger partial charge in [-0.05, 0) is 68.1 Å². The smallest absolute Gasteiger partial charge is 0.303 e. The van der Waals surface area contributed by atoms with Crippen molar-refractivity contribution < 1.29 is 29.3 Å². The third-order valence-corrected chi connectivity index (χ3v) is 9.35. The van der Waals surface area contributed by atoms with Crippen LogP contribution in [-0.4, -0.2) is 46.1 Å². The quantitative estimate of drug-likeness (QED) is 0.698. The molecule has 6 nitrogen and oxygen atoms in total. The number of aliphatic hydroxyl groups is 2. The average Bonchev–Trinajstić information content (AvgIpc) is 2.91. The predicted molar refractivity (Wildman–Crippen MR) is 105 cm³/mol.